The van der Waals surface area contributed by atoms with Gasteiger partial charge in [0.1, 0.15) is 5.75 Å². The van der Waals surface area contributed by atoms with Gasteiger partial charge in [-0.2, -0.15) is 4.99 Å². The van der Waals surface area contributed by atoms with Crippen LogP contribution in [0.5, 0.6) is 5.75 Å². The van der Waals surface area contributed by atoms with Crippen LogP contribution in [0.1, 0.15) is 5.56 Å². The van der Waals surface area contributed by atoms with Gasteiger partial charge in [-0.25, -0.2) is 0 Å². The van der Waals surface area contributed by atoms with Gasteiger partial charge < -0.3 is 16.2 Å². The van der Waals surface area contributed by atoms with E-state index in [1.165, 1.54) is 18.2 Å². The number of alkyl halides is 3. The SMILES string of the molecule is NC(N)=NC(=O)C=Cc1cccc(OC(F)(F)F)c1. The second kappa shape index (κ2) is 5.89. The lowest BCUT2D eigenvalue weighted by molar-refractivity contribution is -0.274. The van der Waals surface area contributed by atoms with Crippen LogP contribution in [-0.2, 0) is 4.79 Å². The second-order valence-corrected chi connectivity index (χ2v) is 3.33. The molecule has 5 nitrogen and oxygen atoms in total. The molecule has 102 valence electrons. The number of hydrogen-bond acceptors (Lipinski definition) is 2. The molecule has 0 bridgehead atoms. The molecule has 0 unspecified atom stereocenters. The maximum Gasteiger partial charge on any atom is 0.573 e. The smallest absolute Gasteiger partial charge is 0.406 e. The molecule has 0 saturated heterocycles. The Morgan fingerprint density at radius 2 is 2.00 bits per heavy atom. The van der Waals surface area contributed by atoms with Crippen molar-refractivity contribution in [2.45, 2.75) is 6.36 Å². The number of hydrogen-bond donors (Lipinski definition) is 2. The van der Waals surface area contributed by atoms with E-state index in [0.717, 1.165) is 18.2 Å². The van der Waals surface area contributed by atoms with E-state index >= 15 is 0 Å². The zero-order valence-corrected chi connectivity index (χ0v) is 9.52. The molecule has 0 atom stereocenters. The van der Waals surface area contributed by atoms with Crippen LogP contribution in [0.3, 0.4) is 0 Å². The highest BCUT2D eigenvalue weighted by atomic mass is 19.4. The minimum atomic E-state index is -4.77. The van der Waals surface area contributed by atoms with Crippen molar-refractivity contribution in [2.75, 3.05) is 0 Å². The number of benzene rings is 1. The van der Waals surface area contributed by atoms with Crippen molar-refractivity contribution in [3.63, 3.8) is 0 Å². The first kappa shape index (κ1) is 14.6. The van der Waals surface area contributed by atoms with Crippen LogP contribution in [0, 0.1) is 0 Å². The Hall–Kier alpha value is -2.51. The minimum absolute atomic E-state index is 0.334. The van der Waals surface area contributed by atoms with Crippen molar-refractivity contribution in [3.05, 3.63) is 35.9 Å². The predicted octanol–water partition coefficient (Wildman–Crippen LogP) is 1.40. The molecule has 0 fully saturated rings. The van der Waals surface area contributed by atoms with Gasteiger partial charge in [-0.3, -0.25) is 4.79 Å². The molecule has 0 aliphatic heterocycles. The van der Waals surface area contributed by atoms with E-state index in [9.17, 15) is 18.0 Å². The summed E-state index contributed by atoms with van der Waals surface area (Å²) < 4.78 is 39.7. The van der Waals surface area contributed by atoms with Crippen molar-refractivity contribution in [1.82, 2.24) is 0 Å². The average Bonchev–Trinajstić information content (AvgIpc) is 2.23. The first-order valence-electron chi connectivity index (χ1n) is 4.94. The maximum atomic E-state index is 12.0. The van der Waals surface area contributed by atoms with E-state index in [1.54, 1.807) is 0 Å². The molecule has 0 heterocycles. The third kappa shape index (κ3) is 6.10. The van der Waals surface area contributed by atoms with Gasteiger partial charge in [-0.15, -0.1) is 13.2 Å². The number of guanidine groups is 1. The molecule has 0 aromatic heterocycles. The monoisotopic (exact) mass is 273 g/mol. The summed E-state index contributed by atoms with van der Waals surface area (Å²) in [5.74, 6) is -1.50. The second-order valence-electron chi connectivity index (χ2n) is 3.33. The van der Waals surface area contributed by atoms with Crippen molar-refractivity contribution in [1.29, 1.82) is 0 Å². The van der Waals surface area contributed by atoms with Gasteiger partial charge in [0, 0.05) is 6.08 Å². The third-order valence-corrected chi connectivity index (χ3v) is 1.75. The van der Waals surface area contributed by atoms with Gasteiger partial charge >= 0.3 is 6.36 Å². The predicted molar refractivity (Wildman–Crippen MR) is 63.0 cm³/mol. The Morgan fingerprint density at radius 1 is 1.32 bits per heavy atom. The van der Waals surface area contributed by atoms with E-state index in [1.807, 2.05) is 0 Å². The Kier molecular flexibility index (Phi) is 4.51. The van der Waals surface area contributed by atoms with Crippen LogP contribution in [0.2, 0.25) is 0 Å². The molecule has 19 heavy (non-hydrogen) atoms. The van der Waals surface area contributed by atoms with Crippen LogP contribution in [-0.4, -0.2) is 18.2 Å². The number of amides is 1. The lowest BCUT2D eigenvalue weighted by Crippen LogP contribution is -2.23. The number of halogens is 3. The summed E-state index contributed by atoms with van der Waals surface area (Å²) in [6.07, 6.45) is -2.49. The standard InChI is InChI=1S/C11H10F3N3O2/c12-11(13,14)19-8-3-1-2-7(6-8)4-5-9(18)17-10(15)16/h1-6H,(H4,15,16,17,18). The highest BCUT2D eigenvalue weighted by Gasteiger charge is 2.30. The average molecular weight is 273 g/mol. The van der Waals surface area contributed by atoms with E-state index in [4.69, 9.17) is 11.5 Å². The highest BCUT2D eigenvalue weighted by molar-refractivity contribution is 5.99. The summed E-state index contributed by atoms with van der Waals surface area (Å²) in [6, 6.07) is 5.10. The topological polar surface area (TPSA) is 90.7 Å². The van der Waals surface area contributed by atoms with E-state index in [0.29, 0.717) is 5.56 Å². The molecule has 0 aliphatic carbocycles. The number of rotatable bonds is 3. The third-order valence-electron chi connectivity index (χ3n) is 1.75. The van der Waals surface area contributed by atoms with Crippen LogP contribution < -0.4 is 16.2 Å². The number of carbonyl (C=O) groups excluding carboxylic acids is 1. The van der Waals surface area contributed by atoms with Crippen molar-refractivity contribution in [3.8, 4) is 5.75 Å². The first-order chi connectivity index (χ1) is 8.76. The molecule has 1 amide bonds. The molecule has 0 radical (unpaired) electrons. The zero-order valence-electron chi connectivity index (χ0n) is 9.52. The molecule has 0 saturated carbocycles. The van der Waals surface area contributed by atoms with Gasteiger partial charge in [-0.05, 0) is 23.8 Å². The fourth-order valence-electron chi connectivity index (χ4n) is 1.15. The Bertz CT molecular complexity index is 520. The summed E-state index contributed by atoms with van der Waals surface area (Å²) in [5, 5.41) is 0. The number of nitrogens with two attached hydrogens (primary N) is 2. The lowest BCUT2D eigenvalue weighted by atomic mass is 10.2. The van der Waals surface area contributed by atoms with Gasteiger partial charge in [0.15, 0.2) is 5.96 Å². The fourth-order valence-corrected chi connectivity index (χ4v) is 1.15. The molecule has 1 aromatic rings. The Labute approximate surface area is 106 Å². The maximum absolute atomic E-state index is 12.0. The molecule has 0 aliphatic rings. The molecular weight excluding hydrogens is 263 g/mol. The highest BCUT2D eigenvalue weighted by Crippen LogP contribution is 2.23. The van der Waals surface area contributed by atoms with Gasteiger partial charge in [0.05, 0.1) is 0 Å². The summed E-state index contributed by atoms with van der Waals surface area (Å²) in [7, 11) is 0. The number of carbonyl (C=O) groups is 1. The minimum Gasteiger partial charge on any atom is -0.406 e. The number of aliphatic imine (C=N–C) groups is 1. The molecule has 1 aromatic carbocycles. The Morgan fingerprint density at radius 3 is 2.58 bits per heavy atom. The van der Waals surface area contributed by atoms with Crippen molar-refractivity contribution < 1.29 is 22.7 Å². The van der Waals surface area contributed by atoms with Crippen LogP contribution in [0.15, 0.2) is 35.3 Å². The van der Waals surface area contributed by atoms with Crippen molar-refractivity contribution in [2.24, 2.45) is 16.5 Å². The van der Waals surface area contributed by atoms with Crippen LogP contribution >= 0.6 is 0 Å². The lowest BCUT2D eigenvalue weighted by Gasteiger charge is -2.08. The number of nitrogens with zero attached hydrogens (tertiary/aromatic N) is 1. The molecule has 1 rings (SSSR count). The molecule has 0 spiro atoms. The molecular formula is C11H10F3N3O2. The Balaban J connectivity index is 2.80. The molecule has 8 heteroatoms. The van der Waals surface area contributed by atoms with E-state index in [2.05, 4.69) is 9.73 Å². The van der Waals surface area contributed by atoms with Gasteiger partial charge in [0.25, 0.3) is 5.91 Å². The van der Waals surface area contributed by atoms with Crippen LogP contribution in [0.25, 0.3) is 6.08 Å². The molecule has 4 N–H and O–H groups in total. The largest absolute Gasteiger partial charge is 0.573 e. The zero-order chi connectivity index (χ0) is 14.5. The summed E-state index contributed by atoms with van der Waals surface area (Å²) in [5.41, 5.74) is 10.3. The van der Waals surface area contributed by atoms with Crippen molar-refractivity contribution >= 4 is 17.9 Å². The quantitative estimate of drug-likeness (QED) is 0.494. The number of ether oxygens (including phenoxy) is 1. The summed E-state index contributed by atoms with van der Waals surface area (Å²) in [4.78, 5) is 14.3. The first-order valence-corrected chi connectivity index (χ1v) is 4.94. The van der Waals surface area contributed by atoms with E-state index in [-0.39, 0.29) is 5.75 Å². The van der Waals surface area contributed by atoms with Crippen LogP contribution in [0.4, 0.5) is 13.2 Å². The van der Waals surface area contributed by atoms with Gasteiger partial charge in [-0.1, -0.05) is 12.1 Å². The van der Waals surface area contributed by atoms with Gasteiger partial charge in [0.2, 0.25) is 0 Å². The summed E-state index contributed by atoms with van der Waals surface area (Å²) in [6.45, 7) is 0. The normalized spacial score (nSPS) is 11.3. The van der Waals surface area contributed by atoms with E-state index < -0.39 is 18.2 Å². The fraction of sp³-hybridized carbons (Fsp3) is 0.0909. The summed E-state index contributed by atoms with van der Waals surface area (Å²) >= 11 is 0.